The number of nitrogens with zero attached hydrogens (tertiary/aromatic N) is 2. The monoisotopic (exact) mass is 194 g/mol. The number of aromatic nitrogens is 2. The molecule has 0 radical (unpaired) electrons. The van der Waals surface area contributed by atoms with E-state index in [-0.39, 0.29) is 5.82 Å². The lowest BCUT2D eigenvalue weighted by Gasteiger charge is -2.00. The number of nitrogens with one attached hydrogen (secondary N) is 1. The van der Waals surface area contributed by atoms with Gasteiger partial charge >= 0.3 is 6.18 Å². The van der Waals surface area contributed by atoms with Crippen molar-refractivity contribution < 1.29 is 18.4 Å². The molecule has 1 aromatic heterocycles. The third kappa shape index (κ3) is 1.89. The number of amidine groups is 1. The standard InChI is InChI=1S/C5H5F3N4O/c6-5(7,8)2-1-10-4(11-2)3(9)12-13/h1,13H,(H2,9,12)(H,10,11). The van der Waals surface area contributed by atoms with Gasteiger partial charge in [0.2, 0.25) is 5.84 Å². The number of H-pyrrole nitrogens is 1. The fraction of sp³-hybridized carbons (Fsp3) is 0.200. The number of imidazole rings is 1. The normalized spacial score (nSPS) is 13.3. The van der Waals surface area contributed by atoms with Crippen LogP contribution >= 0.6 is 0 Å². The molecule has 0 spiro atoms. The minimum atomic E-state index is -4.51. The first-order chi connectivity index (χ1) is 5.95. The molecule has 4 N–H and O–H groups in total. The van der Waals surface area contributed by atoms with Crippen LogP contribution in [0, 0.1) is 0 Å². The molecule has 8 heteroatoms. The number of hydrogen-bond donors (Lipinski definition) is 3. The van der Waals surface area contributed by atoms with Crippen molar-refractivity contribution in [3.63, 3.8) is 0 Å². The second-order valence-corrected chi connectivity index (χ2v) is 2.13. The third-order valence-corrected chi connectivity index (χ3v) is 1.23. The molecule has 0 aromatic carbocycles. The molecule has 1 heterocycles. The topological polar surface area (TPSA) is 87.3 Å². The zero-order chi connectivity index (χ0) is 10.1. The van der Waals surface area contributed by atoms with Crippen LogP contribution in [0.5, 0.6) is 0 Å². The van der Waals surface area contributed by atoms with Gasteiger partial charge in [-0.3, -0.25) is 0 Å². The Morgan fingerprint density at radius 2 is 2.23 bits per heavy atom. The minimum Gasteiger partial charge on any atom is -0.409 e. The summed E-state index contributed by atoms with van der Waals surface area (Å²) in [6.07, 6.45) is -3.95. The van der Waals surface area contributed by atoms with Gasteiger partial charge in [0, 0.05) is 0 Å². The number of oxime groups is 1. The van der Waals surface area contributed by atoms with Crippen molar-refractivity contribution in [3.05, 3.63) is 17.7 Å². The molecule has 0 atom stereocenters. The van der Waals surface area contributed by atoms with Crippen LogP contribution in [0.1, 0.15) is 11.5 Å². The van der Waals surface area contributed by atoms with E-state index in [1.54, 1.807) is 0 Å². The molecule has 0 saturated heterocycles. The van der Waals surface area contributed by atoms with Crippen molar-refractivity contribution >= 4 is 5.84 Å². The van der Waals surface area contributed by atoms with E-state index < -0.39 is 17.7 Å². The molecule has 72 valence electrons. The summed E-state index contributed by atoms with van der Waals surface area (Å²) in [5, 5.41) is 10.6. The molecule has 1 aromatic rings. The predicted octanol–water partition coefficient (Wildman–Crippen LogP) is 0.523. The smallest absolute Gasteiger partial charge is 0.409 e. The number of rotatable bonds is 1. The first kappa shape index (κ1) is 9.36. The van der Waals surface area contributed by atoms with Gasteiger partial charge in [0.1, 0.15) is 5.69 Å². The molecule has 0 aliphatic rings. The molecule has 0 saturated carbocycles. The summed E-state index contributed by atoms with van der Waals surface area (Å²) in [6, 6.07) is 0. The van der Waals surface area contributed by atoms with Crippen LogP contribution in [0.3, 0.4) is 0 Å². The van der Waals surface area contributed by atoms with E-state index in [9.17, 15) is 13.2 Å². The largest absolute Gasteiger partial charge is 0.432 e. The van der Waals surface area contributed by atoms with Crippen LogP contribution in [-0.4, -0.2) is 21.0 Å². The Hall–Kier alpha value is -1.73. The lowest BCUT2D eigenvalue weighted by atomic mass is 10.5. The molecule has 0 unspecified atom stereocenters. The van der Waals surface area contributed by atoms with Gasteiger partial charge in [-0.1, -0.05) is 5.16 Å². The summed E-state index contributed by atoms with van der Waals surface area (Å²) in [5.74, 6) is -0.828. The molecule has 5 nitrogen and oxygen atoms in total. The Kier molecular flexibility index (Phi) is 2.13. The van der Waals surface area contributed by atoms with Gasteiger partial charge in [0.05, 0.1) is 6.20 Å². The van der Waals surface area contributed by atoms with Crippen LogP contribution < -0.4 is 5.73 Å². The molecule has 0 aliphatic heterocycles. The molecule has 13 heavy (non-hydrogen) atoms. The molecule has 0 bridgehead atoms. The Bertz CT molecular complexity index is 329. The summed E-state index contributed by atoms with van der Waals surface area (Å²) in [4.78, 5) is 5.11. The van der Waals surface area contributed by atoms with E-state index in [1.807, 2.05) is 4.98 Å². The predicted molar refractivity (Wildman–Crippen MR) is 36.1 cm³/mol. The first-order valence-electron chi connectivity index (χ1n) is 3.05. The SMILES string of the molecule is N/C(=N\O)c1ncc(C(F)(F)F)[nH]1. The highest BCUT2D eigenvalue weighted by molar-refractivity contribution is 5.93. The van der Waals surface area contributed by atoms with E-state index in [1.165, 1.54) is 0 Å². The highest BCUT2D eigenvalue weighted by Crippen LogP contribution is 2.27. The summed E-state index contributed by atoms with van der Waals surface area (Å²) in [7, 11) is 0. The van der Waals surface area contributed by atoms with Crippen molar-refractivity contribution in [3.8, 4) is 0 Å². The Labute approximate surface area is 70.1 Å². The Balaban J connectivity index is 3.00. The van der Waals surface area contributed by atoms with Crippen LogP contribution in [0.4, 0.5) is 13.2 Å². The van der Waals surface area contributed by atoms with Gasteiger partial charge in [0.15, 0.2) is 5.82 Å². The summed E-state index contributed by atoms with van der Waals surface area (Å²) < 4.78 is 35.9. The number of hydrogen-bond acceptors (Lipinski definition) is 3. The van der Waals surface area contributed by atoms with E-state index in [4.69, 9.17) is 10.9 Å². The van der Waals surface area contributed by atoms with E-state index in [0.29, 0.717) is 6.20 Å². The maximum atomic E-state index is 12.0. The van der Waals surface area contributed by atoms with Crippen molar-refractivity contribution in [2.75, 3.05) is 0 Å². The third-order valence-electron chi connectivity index (χ3n) is 1.23. The van der Waals surface area contributed by atoms with E-state index in [2.05, 4.69) is 10.1 Å². The molecule has 1 rings (SSSR count). The van der Waals surface area contributed by atoms with Gasteiger partial charge in [-0.2, -0.15) is 13.2 Å². The van der Waals surface area contributed by atoms with Gasteiger partial charge in [-0.15, -0.1) is 0 Å². The molecule has 0 fully saturated rings. The summed E-state index contributed by atoms with van der Waals surface area (Å²) >= 11 is 0. The highest BCUT2D eigenvalue weighted by atomic mass is 19.4. The second-order valence-electron chi connectivity index (χ2n) is 2.13. The quantitative estimate of drug-likeness (QED) is 0.263. The maximum Gasteiger partial charge on any atom is 0.432 e. The van der Waals surface area contributed by atoms with Crippen molar-refractivity contribution in [1.82, 2.24) is 9.97 Å². The Morgan fingerprint density at radius 3 is 2.62 bits per heavy atom. The first-order valence-corrected chi connectivity index (χ1v) is 3.05. The number of nitrogens with two attached hydrogens (primary N) is 1. The Morgan fingerprint density at radius 1 is 1.62 bits per heavy atom. The average molecular weight is 194 g/mol. The van der Waals surface area contributed by atoms with Crippen molar-refractivity contribution in [2.45, 2.75) is 6.18 Å². The lowest BCUT2D eigenvalue weighted by molar-refractivity contribution is -0.140. The number of halogens is 3. The van der Waals surface area contributed by atoms with Crippen molar-refractivity contribution in [1.29, 1.82) is 0 Å². The maximum absolute atomic E-state index is 12.0. The number of alkyl halides is 3. The van der Waals surface area contributed by atoms with Crippen LogP contribution in [0.25, 0.3) is 0 Å². The van der Waals surface area contributed by atoms with E-state index >= 15 is 0 Å². The zero-order valence-electron chi connectivity index (χ0n) is 6.13. The van der Waals surface area contributed by atoms with Crippen LogP contribution in [0.2, 0.25) is 0 Å². The second kappa shape index (κ2) is 2.96. The summed E-state index contributed by atoms with van der Waals surface area (Å²) in [6.45, 7) is 0. The average Bonchev–Trinajstić information content (AvgIpc) is 2.50. The fourth-order valence-electron chi connectivity index (χ4n) is 0.643. The highest BCUT2D eigenvalue weighted by Gasteiger charge is 2.33. The van der Waals surface area contributed by atoms with E-state index in [0.717, 1.165) is 0 Å². The molecule has 0 aliphatic carbocycles. The fourth-order valence-corrected chi connectivity index (χ4v) is 0.643. The zero-order valence-corrected chi connectivity index (χ0v) is 6.13. The molecular formula is C5H5F3N4O. The molecule has 0 amide bonds. The minimum absolute atomic E-state index is 0.324. The van der Waals surface area contributed by atoms with Gasteiger partial charge in [-0.25, -0.2) is 4.98 Å². The lowest BCUT2D eigenvalue weighted by Crippen LogP contribution is -2.15. The van der Waals surface area contributed by atoms with Gasteiger partial charge in [0.25, 0.3) is 0 Å². The van der Waals surface area contributed by atoms with Gasteiger partial charge in [-0.05, 0) is 0 Å². The van der Waals surface area contributed by atoms with Crippen LogP contribution in [-0.2, 0) is 6.18 Å². The molecular weight excluding hydrogens is 189 g/mol. The van der Waals surface area contributed by atoms with Gasteiger partial charge < -0.3 is 15.9 Å². The van der Waals surface area contributed by atoms with Crippen molar-refractivity contribution in [2.24, 2.45) is 10.9 Å². The summed E-state index contributed by atoms with van der Waals surface area (Å²) in [5.41, 5.74) is 3.94. The van der Waals surface area contributed by atoms with Crippen LogP contribution in [0.15, 0.2) is 11.4 Å². The number of aromatic amines is 1.